The topological polar surface area (TPSA) is 58.6 Å². The molecule has 2 amide bonds. The van der Waals surface area contributed by atoms with E-state index in [1.54, 1.807) is 7.11 Å². The van der Waals surface area contributed by atoms with Crippen LogP contribution >= 0.6 is 0 Å². The molecule has 1 fully saturated rings. The molecule has 0 aliphatic carbocycles. The Morgan fingerprint density at radius 1 is 1.33 bits per heavy atom. The molecule has 2 rings (SSSR count). The van der Waals surface area contributed by atoms with E-state index in [1.165, 1.54) is 0 Å². The van der Waals surface area contributed by atoms with Gasteiger partial charge < -0.3 is 15.0 Å². The highest BCUT2D eigenvalue weighted by atomic mass is 16.5. The number of nitrogens with zero attached hydrogens (tertiary/aromatic N) is 1. The predicted octanol–water partition coefficient (Wildman–Crippen LogP) is 2.91. The number of unbranched alkanes of at least 4 members (excludes halogenated alkanes) is 1. The molecule has 1 N–H and O–H groups in total. The van der Waals surface area contributed by atoms with Gasteiger partial charge in [0.15, 0.2) is 0 Å². The number of benzene rings is 1. The van der Waals surface area contributed by atoms with E-state index in [0.29, 0.717) is 6.54 Å². The zero-order chi connectivity index (χ0) is 17.7. The number of carbonyl (C=O) groups is 2. The van der Waals surface area contributed by atoms with Gasteiger partial charge in [0.05, 0.1) is 19.1 Å². The fraction of sp³-hybridized carbons (Fsp3) is 0.579. The Bertz CT molecular complexity index is 568. The van der Waals surface area contributed by atoms with Gasteiger partial charge in [-0.1, -0.05) is 25.5 Å². The summed E-state index contributed by atoms with van der Waals surface area (Å²) in [6.07, 6.45) is 2.23. The molecule has 0 spiro atoms. The molecule has 24 heavy (non-hydrogen) atoms. The summed E-state index contributed by atoms with van der Waals surface area (Å²) < 4.78 is 5.21. The van der Waals surface area contributed by atoms with Crippen molar-refractivity contribution >= 4 is 11.8 Å². The van der Waals surface area contributed by atoms with Crippen LogP contribution in [0, 0.1) is 5.92 Å². The maximum Gasteiger partial charge on any atom is 0.226 e. The van der Waals surface area contributed by atoms with Crippen LogP contribution in [0.1, 0.15) is 51.6 Å². The third-order valence-electron chi connectivity index (χ3n) is 4.41. The lowest BCUT2D eigenvalue weighted by Crippen LogP contribution is -2.38. The number of methoxy groups -OCH3 is 1. The zero-order valence-corrected chi connectivity index (χ0v) is 15.0. The van der Waals surface area contributed by atoms with Crippen molar-refractivity contribution < 1.29 is 14.3 Å². The van der Waals surface area contributed by atoms with Crippen LogP contribution in [0.15, 0.2) is 24.3 Å². The number of rotatable bonds is 7. The zero-order valence-electron chi connectivity index (χ0n) is 15.0. The van der Waals surface area contributed by atoms with Gasteiger partial charge in [0.1, 0.15) is 5.75 Å². The van der Waals surface area contributed by atoms with Gasteiger partial charge in [0.2, 0.25) is 11.8 Å². The maximum atomic E-state index is 12.6. The first kappa shape index (κ1) is 18.3. The number of hydrogen-bond donors (Lipinski definition) is 1. The van der Waals surface area contributed by atoms with Gasteiger partial charge in [-0.15, -0.1) is 0 Å². The molecular weight excluding hydrogens is 304 g/mol. The smallest absolute Gasteiger partial charge is 0.226 e. The third kappa shape index (κ3) is 4.08. The number of amides is 2. The first-order valence-corrected chi connectivity index (χ1v) is 8.71. The highest BCUT2D eigenvalue weighted by Gasteiger charge is 2.44. The SMILES string of the molecule is CCCCN1C(=O)C[C@@H](C(=O)NC(C)C)[C@H]1c1ccc(OC)cc1. The van der Waals surface area contributed by atoms with E-state index >= 15 is 0 Å². The highest BCUT2D eigenvalue weighted by molar-refractivity contribution is 5.90. The maximum absolute atomic E-state index is 12.6. The Hall–Kier alpha value is -2.04. The standard InChI is InChI=1S/C19H28N2O3/c1-5-6-11-21-17(22)12-16(19(23)20-13(2)3)18(21)14-7-9-15(24-4)10-8-14/h7-10,13,16,18H,5-6,11-12H2,1-4H3,(H,20,23)/t16-,18-/m1/s1. The number of nitrogens with one attached hydrogen (secondary N) is 1. The Labute approximate surface area is 144 Å². The molecule has 1 aromatic rings. The van der Waals surface area contributed by atoms with Crippen LogP contribution in [0.4, 0.5) is 0 Å². The van der Waals surface area contributed by atoms with Crippen molar-refractivity contribution in [1.29, 1.82) is 0 Å². The predicted molar refractivity (Wildman–Crippen MR) is 93.7 cm³/mol. The first-order valence-electron chi connectivity index (χ1n) is 8.71. The van der Waals surface area contributed by atoms with Crippen molar-refractivity contribution in [2.45, 2.75) is 52.1 Å². The van der Waals surface area contributed by atoms with E-state index in [-0.39, 0.29) is 36.2 Å². The Balaban J connectivity index is 2.31. The molecular formula is C19H28N2O3. The van der Waals surface area contributed by atoms with Crippen LogP contribution in [0.25, 0.3) is 0 Å². The van der Waals surface area contributed by atoms with E-state index in [4.69, 9.17) is 4.74 Å². The van der Waals surface area contributed by atoms with Gasteiger partial charge in [-0.2, -0.15) is 0 Å². The molecule has 1 aromatic carbocycles. The van der Waals surface area contributed by atoms with Crippen molar-refractivity contribution in [3.05, 3.63) is 29.8 Å². The molecule has 1 heterocycles. The van der Waals surface area contributed by atoms with E-state index in [0.717, 1.165) is 24.2 Å². The molecule has 5 heteroatoms. The number of ether oxygens (including phenoxy) is 1. The summed E-state index contributed by atoms with van der Waals surface area (Å²) in [6.45, 7) is 6.67. The molecule has 0 saturated carbocycles. The lowest BCUT2D eigenvalue weighted by Gasteiger charge is -2.28. The normalized spacial score (nSPS) is 20.5. The number of carbonyl (C=O) groups excluding carboxylic acids is 2. The van der Waals surface area contributed by atoms with E-state index < -0.39 is 0 Å². The van der Waals surface area contributed by atoms with Crippen molar-refractivity contribution in [2.75, 3.05) is 13.7 Å². The minimum Gasteiger partial charge on any atom is -0.497 e. The molecule has 1 saturated heterocycles. The molecule has 0 bridgehead atoms. The molecule has 132 valence electrons. The second-order valence-corrected chi connectivity index (χ2v) is 6.63. The van der Waals surface area contributed by atoms with E-state index in [1.807, 2.05) is 43.0 Å². The van der Waals surface area contributed by atoms with Crippen LogP contribution in [0.2, 0.25) is 0 Å². The second kappa shape index (κ2) is 8.18. The summed E-state index contributed by atoms with van der Waals surface area (Å²) in [5.74, 6) is 0.447. The highest BCUT2D eigenvalue weighted by Crippen LogP contribution is 2.39. The van der Waals surface area contributed by atoms with Gasteiger partial charge >= 0.3 is 0 Å². The summed E-state index contributed by atoms with van der Waals surface area (Å²) in [4.78, 5) is 27.0. The quantitative estimate of drug-likeness (QED) is 0.835. The van der Waals surface area contributed by atoms with Gasteiger partial charge in [0, 0.05) is 19.0 Å². The van der Waals surface area contributed by atoms with Gasteiger partial charge in [-0.05, 0) is 38.0 Å². The molecule has 1 aliphatic rings. The average Bonchev–Trinajstić information content (AvgIpc) is 2.89. The second-order valence-electron chi connectivity index (χ2n) is 6.63. The summed E-state index contributed by atoms with van der Waals surface area (Å²) in [6, 6.07) is 7.54. The van der Waals surface area contributed by atoms with Crippen LogP contribution in [-0.4, -0.2) is 36.4 Å². The van der Waals surface area contributed by atoms with E-state index in [2.05, 4.69) is 12.2 Å². The molecule has 1 aliphatic heterocycles. The van der Waals surface area contributed by atoms with Gasteiger partial charge in [-0.25, -0.2) is 0 Å². The third-order valence-corrected chi connectivity index (χ3v) is 4.41. The van der Waals surface area contributed by atoms with Crippen molar-refractivity contribution in [1.82, 2.24) is 10.2 Å². The Morgan fingerprint density at radius 2 is 2.00 bits per heavy atom. The van der Waals surface area contributed by atoms with Gasteiger partial charge in [-0.3, -0.25) is 9.59 Å². The van der Waals surface area contributed by atoms with Crippen molar-refractivity contribution in [3.8, 4) is 5.75 Å². The first-order chi connectivity index (χ1) is 11.5. The lowest BCUT2D eigenvalue weighted by molar-refractivity contribution is -0.129. The van der Waals surface area contributed by atoms with Crippen LogP contribution in [0.5, 0.6) is 5.75 Å². The summed E-state index contributed by atoms with van der Waals surface area (Å²) in [7, 11) is 1.63. The number of hydrogen-bond acceptors (Lipinski definition) is 3. The summed E-state index contributed by atoms with van der Waals surface area (Å²) in [5.41, 5.74) is 0.988. The lowest BCUT2D eigenvalue weighted by atomic mass is 9.92. The van der Waals surface area contributed by atoms with Crippen molar-refractivity contribution in [3.63, 3.8) is 0 Å². The largest absolute Gasteiger partial charge is 0.497 e. The van der Waals surface area contributed by atoms with E-state index in [9.17, 15) is 9.59 Å². The molecule has 5 nitrogen and oxygen atoms in total. The molecule has 0 unspecified atom stereocenters. The summed E-state index contributed by atoms with van der Waals surface area (Å²) >= 11 is 0. The summed E-state index contributed by atoms with van der Waals surface area (Å²) in [5, 5.41) is 2.96. The average molecular weight is 332 g/mol. The molecule has 2 atom stereocenters. The Morgan fingerprint density at radius 3 is 2.54 bits per heavy atom. The Kier molecular flexibility index (Phi) is 6.23. The molecule has 0 radical (unpaired) electrons. The van der Waals surface area contributed by atoms with Gasteiger partial charge in [0.25, 0.3) is 0 Å². The van der Waals surface area contributed by atoms with Crippen LogP contribution in [0.3, 0.4) is 0 Å². The van der Waals surface area contributed by atoms with Crippen LogP contribution in [-0.2, 0) is 9.59 Å². The van der Waals surface area contributed by atoms with Crippen molar-refractivity contribution in [2.24, 2.45) is 5.92 Å². The van der Waals surface area contributed by atoms with Crippen LogP contribution < -0.4 is 10.1 Å². The minimum absolute atomic E-state index is 0.0434. The minimum atomic E-state index is -0.342. The fourth-order valence-electron chi connectivity index (χ4n) is 3.22. The number of likely N-dealkylation sites (tertiary alicyclic amines) is 1. The monoisotopic (exact) mass is 332 g/mol. The molecule has 0 aromatic heterocycles. The fourth-order valence-corrected chi connectivity index (χ4v) is 3.22.